The summed E-state index contributed by atoms with van der Waals surface area (Å²) < 4.78 is 25.9. The van der Waals surface area contributed by atoms with Crippen LogP contribution in [0.2, 0.25) is 0 Å². The zero-order chi connectivity index (χ0) is 12.3. The Hall–Kier alpha value is -1.52. The minimum Gasteiger partial charge on any atom is -0.319 e. The van der Waals surface area contributed by atoms with Crippen LogP contribution in [0.4, 0.5) is 14.5 Å². The number of carbonyl (C=O) groups excluding carboxylic acids is 1. The number of anilines is 1. The Morgan fingerprint density at radius 1 is 1.00 bits per heavy atom. The van der Waals surface area contributed by atoms with E-state index in [1.165, 1.54) is 6.07 Å². The van der Waals surface area contributed by atoms with Crippen LogP contribution in [0.25, 0.3) is 0 Å². The summed E-state index contributed by atoms with van der Waals surface area (Å²) in [6.45, 7) is 0. The second-order valence-corrected chi connectivity index (χ2v) is 3.44. The van der Waals surface area contributed by atoms with Crippen LogP contribution in [0.1, 0.15) is 10.4 Å². The summed E-state index contributed by atoms with van der Waals surface area (Å²) >= 11 is 0. The molecule has 1 N–H and O–H groups in total. The van der Waals surface area contributed by atoms with Crippen molar-refractivity contribution in [1.29, 1.82) is 0 Å². The molecule has 0 aromatic heterocycles. The Labute approximate surface area is 118 Å². The van der Waals surface area contributed by atoms with Crippen molar-refractivity contribution in [2.45, 2.75) is 0 Å². The van der Waals surface area contributed by atoms with E-state index in [2.05, 4.69) is 5.32 Å². The van der Waals surface area contributed by atoms with Gasteiger partial charge in [-0.2, -0.15) is 0 Å². The summed E-state index contributed by atoms with van der Waals surface area (Å²) in [4.78, 5) is 11.7. The first-order valence-corrected chi connectivity index (χ1v) is 4.98. The molecule has 18 heavy (non-hydrogen) atoms. The number of nitrogens with one attached hydrogen (secondary N) is 1. The second kappa shape index (κ2) is 6.43. The van der Waals surface area contributed by atoms with E-state index >= 15 is 0 Å². The van der Waals surface area contributed by atoms with Crippen LogP contribution < -0.4 is 5.32 Å². The van der Waals surface area contributed by atoms with E-state index in [1.807, 2.05) is 0 Å². The van der Waals surface area contributed by atoms with Crippen LogP contribution in [0.15, 0.2) is 48.5 Å². The van der Waals surface area contributed by atoms with Crippen LogP contribution in [0, 0.1) is 11.6 Å². The normalized spacial score (nSPS) is 9.44. The minimum atomic E-state index is -0.797. The van der Waals surface area contributed by atoms with Gasteiger partial charge in [-0.05, 0) is 24.3 Å². The van der Waals surface area contributed by atoms with Gasteiger partial charge in [-0.15, -0.1) is 0 Å². The van der Waals surface area contributed by atoms with Crippen molar-refractivity contribution in [3.63, 3.8) is 0 Å². The van der Waals surface area contributed by atoms with Crippen LogP contribution in [0.5, 0.6) is 0 Å². The van der Waals surface area contributed by atoms with Crippen molar-refractivity contribution in [3.05, 3.63) is 65.7 Å². The Balaban J connectivity index is 0.00000162. The molecular weight excluding hydrogens is 272 g/mol. The van der Waals surface area contributed by atoms with Crippen molar-refractivity contribution in [2.75, 3.05) is 5.32 Å². The predicted octanol–water partition coefficient (Wildman–Crippen LogP) is 3.21. The Morgan fingerprint density at radius 3 is 2.28 bits per heavy atom. The maximum absolute atomic E-state index is 13.3. The summed E-state index contributed by atoms with van der Waals surface area (Å²) in [5.41, 5.74) is 0.372. The van der Waals surface area contributed by atoms with Crippen LogP contribution in [0.3, 0.4) is 0 Å². The maximum atomic E-state index is 13.3. The fourth-order valence-electron chi connectivity index (χ4n) is 1.37. The van der Waals surface area contributed by atoms with E-state index in [0.717, 1.165) is 12.1 Å². The molecule has 0 aliphatic carbocycles. The molecule has 0 saturated heterocycles. The molecular formula is C13H9F2NOTi. The van der Waals surface area contributed by atoms with E-state index in [-0.39, 0.29) is 27.4 Å². The van der Waals surface area contributed by atoms with Crippen molar-refractivity contribution in [3.8, 4) is 0 Å². The first-order valence-electron chi connectivity index (χ1n) is 4.98. The van der Waals surface area contributed by atoms with Crippen molar-refractivity contribution >= 4 is 11.6 Å². The van der Waals surface area contributed by atoms with Crippen LogP contribution in [-0.2, 0) is 21.7 Å². The molecule has 0 heterocycles. The molecule has 0 fully saturated rings. The van der Waals surface area contributed by atoms with Gasteiger partial charge in [0.1, 0.15) is 11.6 Å². The summed E-state index contributed by atoms with van der Waals surface area (Å²) in [7, 11) is 0. The molecule has 0 bridgehead atoms. The smallest absolute Gasteiger partial charge is 0.255 e. The van der Waals surface area contributed by atoms with Gasteiger partial charge in [0.05, 0.1) is 5.69 Å². The first kappa shape index (κ1) is 14.5. The molecule has 0 radical (unpaired) electrons. The summed E-state index contributed by atoms with van der Waals surface area (Å²) in [6, 6.07) is 11.4. The van der Waals surface area contributed by atoms with E-state index in [0.29, 0.717) is 5.56 Å². The molecule has 0 unspecified atom stereocenters. The average molecular weight is 281 g/mol. The van der Waals surface area contributed by atoms with Crippen molar-refractivity contribution in [1.82, 2.24) is 0 Å². The van der Waals surface area contributed by atoms with Gasteiger partial charge >= 0.3 is 0 Å². The summed E-state index contributed by atoms with van der Waals surface area (Å²) in [5.74, 6) is -1.91. The van der Waals surface area contributed by atoms with Crippen molar-refractivity contribution in [2.24, 2.45) is 0 Å². The van der Waals surface area contributed by atoms with Gasteiger partial charge in [-0.1, -0.05) is 18.2 Å². The number of hydrogen-bond donors (Lipinski definition) is 1. The largest absolute Gasteiger partial charge is 0.319 e. The summed E-state index contributed by atoms with van der Waals surface area (Å²) in [5, 5.41) is 2.37. The van der Waals surface area contributed by atoms with Gasteiger partial charge in [-0.25, -0.2) is 8.78 Å². The standard InChI is InChI=1S/C13H9F2NO.Ti/c14-10-6-7-12(11(15)8-10)16-13(17)9-4-2-1-3-5-9;/h1-8H,(H,16,17);. The Bertz CT molecular complexity index is 546. The average Bonchev–Trinajstić information content (AvgIpc) is 2.34. The quantitative estimate of drug-likeness (QED) is 0.841. The zero-order valence-electron chi connectivity index (χ0n) is 9.28. The van der Waals surface area contributed by atoms with Gasteiger partial charge in [0.15, 0.2) is 0 Å². The topological polar surface area (TPSA) is 29.1 Å². The van der Waals surface area contributed by atoms with Gasteiger partial charge in [0.2, 0.25) is 0 Å². The van der Waals surface area contributed by atoms with E-state index in [9.17, 15) is 13.6 Å². The fraction of sp³-hybridized carbons (Fsp3) is 0. The molecule has 0 aliphatic heterocycles. The van der Waals surface area contributed by atoms with Crippen LogP contribution >= 0.6 is 0 Å². The van der Waals surface area contributed by atoms with Gasteiger partial charge in [0, 0.05) is 33.3 Å². The SMILES string of the molecule is O=C(Nc1ccc(F)cc1F)c1ccccc1.[Ti]. The molecule has 0 saturated carbocycles. The molecule has 1 amide bonds. The second-order valence-electron chi connectivity index (χ2n) is 3.44. The van der Waals surface area contributed by atoms with Gasteiger partial charge < -0.3 is 5.32 Å². The molecule has 0 spiro atoms. The molecule has 2 nitrogen and oxygen atoms in total. The fourth-order valence-corrected chi connectivity index (χ4v) is 1.37. The van der Waals surface area contributed by atoms with E-state index in [1.54, 1.807) is 30.3 Å². The molecule has 2 aromatic rings. The minimum absolute atomic E-state index is 0. The number of carbonyl (C=O) groups is 1. The van der Waals surface area contributed by atoms with E-state index in [4.69, 9.17) is 0 Å². The van der Waals surface area contributed by atoms with Gasteiger partial charge in [-0.3, -0.25) is 4.79 Å². The number of amides is 1. The Morgan fingerprint density at radius 2 is 1.67 bits per heavy atom. The number of hydrogen-bond acceptors (Lipinski definition) is 1. The summed E-state index contributed by atoms with van der Waals surface area (Å²) in [6.07, 6.45) is 0. The number of rotatable bonds is 2. The third kappa shape index (κ3) is 3.49. The Kier molecular flexibility index (Phi) is 5.19. The third-order valence-electron chi connectivity index (χ3n) is 2.22. The van der Waals surface area contributed by atoms with Gasteiger partial charge in [0.25, 0.3) is 5.91 Å². The molecule has 5 heteroatoms. The third-order valence-corrected chi connectivity index (χ3v) is 2.22. The zero-order valence-corrected chi connectivity index (χ0v) is 10.8. The molecule has 90 valence electrons. The monoisotopic (exact) mass is 281 g/mol. The predicted molar refractivity (Wildman–Crippen MR) is 60.8 cm³/mol. The molecule has 2 aromatic carbocycles. The molecule has 0 atom stereocenters. The maximum Gasteiger partial charge on any atom is 0.255 e. The number of halogens is 2. The molecule has 2 rings (SSSR count). The molecule has 0 aliphatic rings. The first-order chi connectivity index (χ1) is 8.16. The van der Waals surface area contributed by atoms with E-state index < -0.39 is 17.5 Å². The van der Waals surface area contributed by atoms with Crippen LogP contribution in [-0.4, -0.2) is 5.91 Å². The van der Waals surface area contributed by atoms with Crippen molar-refractivity contribution < 1.29 is 35.3 Å². The number of benzene rings is 2.